The summed E-state index contributed by atoms with van der Waals surface area (Å²) in [5.74, 6) is 0.149. The van der Waals surface area contributed by atoms with E-state index in [0.717, 1.165) is 10.6 Å². The molecule has 0 unspecified atom stereocenters. The largest absolute Gasteiger partial charge is 0.508 e. The monoisotopic (exact) mass is 313 g/mol. The van der Waals surface area contributed by atoms with Gasteiger partial charge in [-0.25, -0.2) is 4.68 Å². The van der Waals surface area contributed by atoms with E-state index in [2.05, 4.69) is 5.10 Å². The van der Waals surface area contributed by atoms with Gasteiger partial charge in [0.1, 0.15) is 11.9 Å². The summed E-state index contributed by atoms with van der Waals surface area (Å²) in [6.07, 6.45) is 1.25. The molecule has 0 radical (unpaired) electrons. The maximum Gasteiger partial charge on any atom is 0.321 e. The molecular weight excluding hydrogens is 302 g/mol. The maximum atomic E-state index is 11.2. The second-order valence-electron chi connectivity index (χ2n) is 4.44. The van der Waals surface area contributed by atoms with Gasteiger partial charge in [-0.1, -0.05) is 30.0 Å². The number of nitro groups is 1. The average molecular weight is 313 g/mol. The zero-order valence-corrected chi connectivity index (χ0v) is 12.1. The number of aromatic nitrogens is 2. The van der Waals surface area contributed by atoms with Crippen LogP contribution in [0, 0.1) is 10.1 Å². The van der Waals surface area contributed by atoms with E-state index in [9.17, 15) is 15.2 Å². The molecule has 0 amide bonds. The number of hydrogen-bond donors (Lipinski definition) is 1. The predicted molar refractivity (Wildman–Crippen MR) is 82.4 cm³/mol. The van der Waals surface area contributed by atoms with E-state index in [1.807, 2.05) is 30.3 Å². The molecular formula is C15H11N3O3S. The van der Waals surface area contributed by atoms with Crippen molar-refractivity contribution in [1.29, 1.82) is 0 Å². The van der Waals surface area contributed by atoms with Gasteiger partial charge in [0.05, 0.1) is 10.6 Å². The van der Waals surface area contributed by atoms with E-state index >= 15 is 0 Å². The fraction of sp³-hybridized carbons (Fsp3) is 0. The Morgan fingerprint density at radius 2 is 1.77 bits per heavy atom. The summed E-state index contributed by atoms with van der Waals surface area (Å²) in [7, 11) is 0. The molecule has 3 aromatic rings. The van der Waals surface area contributed by atoms with Crippen LogP contribution in [0.4, 0.5) is 5.69 Å². The average Bonchev–Trinajstić information content (AvgIpc) is 2.94. The molecule has 0 fully saturated rings. The van der Waals surface area contributed by atoms with Crippen LogP contribution < -0.4 is 0 Å². The van der Waals surface area contributed by atoms with Gasteiger partial charge >= 0.3 is 5.69 Å². The van der Waals surface area contributed by atoms with Gasteiger partial charge in [-0.3, -0.25) is 10.1 Å². The minimum atomic E-state index is -0.449. The summed E-state index contributed by atoms with van der Waals surface area (Å²) >= 11 is 1.23. The molecule has 1 heterocycles. The van der Waals surface area contributed by atoms with Crippen LogP contribution in [0.1, 0.15) is 0 Å². The Balaban J connectivity index is 2.05. The first-order valence-corrected chi connectivity index (χ1v) is 7.21. The molecule has 110 valence electrons. The molecule has 22 heavy (non-hydrogen) atoms. The molecule has 0 bridgehead atoms. The van der Waals surface area contributed by atoms with Crippen LogP contribution in [0.5, 0.6) is 5.75 Å². The summed E-state index contributed by atoms with van der Waals surface area (Å²) < 4.78 is 1.54. The Morgan fingerprint density at radius 3 is 2.41 bits per heavy atom. The smallest absolute Gasteiger partial charge is 0.321 e. The maximum absolute atomic E-state index is 11.2. The predicted octanol–water partition coefficient (Wildman–Crippen LogP) is 3.64. The van der Waals surface area contributed by atoms with Gasteiger partial charge in [0.15, 0.2) is 5.03 Å². The van der Waals surface area contributed by atoms with Gasteiger partial charge in [0, 0.05) is 4.90 Å². The van der Waals surface area contributed by atoms with Crippen molar-refractivity contribution in [2.75, 3.05) is 0 Å². The van der Waals surface area contributed by atoms with Crippen molar-refractivity contribution >= 4 is 17.4 Å². The molecule has 0 atom stereocenters. The van der Waals surface area contributed by atoms with Crippen LogP contribution in [0.15, 0.2) is 70.7 Å². The number of hydrogen-bond acceptors (Lipinski definition) is 5. The first-order chi connectivity index (χ1) is 10.6. The highest BCUT2D eigenvalue weighted by atomic mass is 32.2. The lowest BCUT2D eigenvalue weighted by Gasteiger charge is -2.06. The van der Waals surface area contributed by atoms with Crippen molar-refractivity contribution in [1.82, 2.24) is 9.78 Å². The van der Waals surface area contributed by atoms with Crippen molar-refractivity contribution in [2.24, 2.45) is 0 Å². The van der Waals surface area contributed by atoms with Gasteiger partial charge in [-0.05, 0) is 36.4 Å². The molecule has 0 saturated carbocycles. The Hall–Kier alpha value is -2.80. The zero-order chi connectivity index (χ0) is 15.5. The van der Waals surface area contributed by atoms with E-state index in [1.54, 1.807) is 12.1 Å². The number of para-hydroxylation sites is 1. The highest BCUT2D eigenvalue weighted by Crippen LogP contribution is 2.36. The van der Waals surface area contributed by atoms with Crippen molar-refractivity contribution in [3.05, 3.63) is 70.9 Å². The number of benzene rings is 2. The van der Waals surface area contributed by atoms with Crippen molar-refractivity contribution in [3.63, 3.8) is 0 Å². The Kier molecular flexibility index (Phi) is 3.80. The third kappa shape index (κ3) is 2.79. The third-order valence-electron chi connectivity index (χ3n) is 2.96. The van der Waals surface area contributed by atoms with E-state index in [-0.39, 0.29) is 11.4 Å². The molecule has 1 aromatic heterocycles. The van der Waals surface area contributed by atoms with Crippen molar-refractivity contribution in [2.45, 2.75) is 9.92 Å². The summed E-state index contributed by atoms with van der Waals surface area (Å²) in [5.41, 5.74) is 0.693. The van der Waals surface area contributed by atoms with Gasteiger partial charge in [-0.2, -0.15) is 5.10 Å². The van der Waals surface area contributed by atoms with E-state index in [0.29, 0.717) is 5.03 Å². The fourth-order valence-corrected chi connectivity index (χ4v) is 2.89. The zero-order valence-electron chi connectivity index (χ0n) is 11.3. The number of phenols is 1. The van der Waals surface area contributed by atoms with Gasteiger partial charge in [0.25, 0.3) is 0 Å². The van der Waals surface area contributed by atoms with Crippen LogP contribution in [-0.2, 0) is 0 Å². The lowest BCUT2D eigenvalue weighted by atomic mass is 10.3. The topological polar surface area (TPSA) is 81.2 Å². The second-order valence-corrected chi connectivity index (χ2v) is 5.50. The SMILES string of the molecule is O=[N+]([O-])c1cnn(-c2ccccc2)c1Sc1ccc(O)cc1. The molecule has 0 aliphatic rings. The molecule has 0 aliphatic carbocycles. The Bertz CT molecular complexity index is 801. The number of rotatable bonds is 4. The number of phenolic OH excluding ortho intramolecular Hbond substituents is 1. The molecule has 0 aliphatic heterocycles. The molecule has 1 N–H and O–H groups in total. The standard InChI is InChI=1S/C15H11N3O3S/c19-12-6-8-13(9-7-12)22-15-14(18(20)21)10-16-17(15)11-4-2-1-3-5-11/h1-10,19H. The molecule has 2 aromatic carbocycles. The van der Waals surface area contributed by atoms with Crippen LogP contribution in [0.3, 0.4) is 0 Å². The number of aromatic hydroxyl groups is 1. The minimum Gasteiger partial charge on any atom is -0.508 e. The van der Waals surface area contributed by atoms with E-state index < -0.39 is 4.92 Å². The normalized spacial score (nSPS) is 10.5. The summed E-state index contributed by atoms with van der Waals surface area (Å²) in [6.45, 7) is 0. The molecule has 0 saturated heterocycles. The Morgan fingerprint density at radius 1 is 1.09 bits per heavy atom. The molecule has 0 spiro atoms. The van der Waals surface area contributed by atoms with Crippen LogP contribution in [0.25, 0.3) is 5.69 Å². The van der Waals surface area contributed by atoms with Gasteiger partial charge in [0.2, 0.25) is 0 Å². The minimum absolute atomic E-state index is 0.0538. The van der Waals surface area contributed by atoms with Crippen molar-refractivity contribution in [3.8, 4) is 11.4 Å². The molecule has 3 rings (SSSR count). The summed E-state index contributed by atoms with van der Waals surface area (Å²) in [5, 5.41) is 25.1. The third-order valence-corrected chi connectivity index (χ3v) is 4.04. The summed E-state index contributed by atoms with van der Waals surface area (Å²) in [4.78, 5) is 11.5. The highest BCUT2D eigenvalue weighted by molar-refractivity contribution is 7.99. The lowest BCUT2D eigenvalue weighted by Crippen LogP contribution is -1.98. The second kappa shape index (κ2) is 5.90. The summed E-state index contributed by atoms with van der Waals surface area (Å²) in [6, 6.07) is 15.7. The number of nitrogens with zero attached hydrogens (tertiary/aromatic N) is 3. The van der Waals surface area contributed by atoms with Crippen LogP contribution in [-0.4, -0.2) is 19.8 Å². The first-order valence-electron chi connectivity index (χ1n) is 6.40. The van der Waals surface area contributed by atoms with Crippen LogP contribution in [0.2, 0.25) is 0 Å². The molecule has 7 heteroatoms. The van der Waals surface area contributed by atoms with Crippen molar-refractivity contribution < 1.29 is 10.0 Å². The van der Waals surface area contributed by atoms with Gasteiger partial charge in [-0.15, -0.1) is 0 Å². The fourth-order valence-electron chi connectivity index (χ4n) is 1.93. The Labute approximate surface area is 130 Å². The highest BCUT2D eigenvalue weighted by Gasteiger charge is 2.22. The van der Waals surface area contributed by atoms with Gasteiger partial charge < -0.3 is 5.11 Å². The van der Waals surface area contributed by atoms with Crippen LogP contribution >= 0.6 is 11.8 Å². The van der Waals surface area contributed by atoms with E-state index in [4.69, 9.17) is 0 Å². The van der Waals surface area contributed by atoms with E-state index in [1.165, 1.54) is 34.8 Å². The lowest BCUT2D eigenvalue weighted by molar-refractivity contribution is -0.387. The first kappa shape index (κ1) is 14.2. The molecule has 6 nitrogen and oxygen atoms in total. The quantitative estimate of drug-likeness (QED) is 0.587.